The number of hydrogen-bond acceptors (Lipinski definition) is 3. The van der Waals surface area contributed by atoms with Crippen LogP contribution in [0.1, 0.15) is 53.9 Å². The lowest BCUT2D eigenvalue weighted by Gasteiger charge is -2.27. The Morgan fingerprint density at radius 1 is 1.20 bits per heavy atom. The van der Waals surface area contributed by atoms with Gasteiger partial charge in [0, 0.05) is 13.1 Å². The molecule has 1 fully saturated rings. The maximum absolute atomic E-state index is 12.5. The van der Waals surface area contributed by atoms with Crippen molar-refractivity contribution in [2.24, 2.45) is 5.92 Å². The Labute approximate surface area is 124 Å². The first kappa shape index (κ1) is 17.4. The normalized spacial score (nSPS) is 23.4. The van der Waals surface area contributed by atoms with Crippen LogP contribution in [0.4, 0.5) is 0 Å². The van der Waals surface area contributed by atoms with E-state index >= 15 is 0 Å². The highest BCUT2D eigenvalue weighted by atomic mass is 16.2. The van der Waals surface area contributed by atoms with Gasteiger partial charge in [-0.15, -0.1) is 0 Å². The second kappa shape index (κ2) is 8.63. The zero-order valence-electron chi connectivity index (χ0n) is 14.0. The largest absolute Gasteiger partial charge is 0.325 e. The summed E-state index contributed by atoms with van der Waals surface area (Å²) in [5, 5.41) is 3.52. The molecule has 0 aliphatic carbocycles. The van der Waals surface area contributed by atoms with Crippen LogP contribution in [0.3, 0.4) is 0 Å². The van der Waals surface area contributed by atoms with E-state index < -0.39 is 0 Å². The summed E-state index contributed by atoms with van der Waals surface area (Å²) in [5.41, 5.74) is 0. The Hall–Kier alpha value is -0.610. The van der Waals surface area contributed by atoms with E-state index in [4.69, 9.17) is 0 Å². The fraction of sp³-hybridized carbons (Fsp3) is 0.938. The van der Waals surface area contributed by atoms with Crippen molar-refractivity contribution in [1.82, 2.24) is 15.1 Å². The minimum atomic E-state index is 0.00722. The third-order valence-electron chi connectivity index (χ3n) is 4.17. The van der Waals surface area contributed by atoms with Gasteiger partial charge in [0.15, 0.2) is 0 Å². The molecule has 0 aromatic rings. The molecule has 118 valence electrons. The maximum atomic E-state index is 12.5. The van der Waals surface area contributed by atoms with Crippen LogP contribution in [0.25, 0.3) is 0 Å². The topological polar surface area (TPSA) is 35.6 Å². The van der Waals surface area contributed by atoms with Gasteiger partial charge in [0.25, 0.3) is 0 Å². The number of hydrogen-bond donors (Lipinski definition) is 1. The first-order chi connectivity index (χ1) is 9.54. The number of nitrogens with one attached hydrogen (secondary N) is 1. The molecule has 2 atom stereocenters. The van der Waals surface area contributed by atoms with Crippen LogP contribution in [0, 0.1) is 5.92 Å². The third kappa shape index (κ3) is 4.45. The van der Waals surface area contributed by atoms with Gasteiger partial charge in [0.05, 0.1) is 12.2 Å². The Morgan fingerprint density at radius 2 is 1.90 bits per heavy atom. The van der Waals surface area contributed by atoms with E-state index in [1.807, 2.05) is 0 Å². The minimum absolute atomic E-state index is 0.00722. The monoisotopic (exact) mass is 283 g/mol. The molecule has 0 saturated carbocycles. The van der Waals surface area contributed by atoms with E-state index in [1.165, 1.54) is 6.42 Å². The predicted molar refractivity (Wildman–Crippen MR) is 84.6 cm³/mol. The van der Waals surface area contributed by atoms with Gasteiger partial charge in [-0.2, -0.15) is 0 Å². The van der Waals surface area contributed by atoms with E-state index in [0.29, 0.717) is 11.8 Å². The lowest BCUT2D eigenvalue weighted by Crippen LogP contribution is -2.42. The summed E-state index contributed by atoms with van der Waals surface area (Å²) in [5.74, 6) is 0.663. The zero-order chi connectivity index (χ0) is 15.1. The van der Waals surface area contributed by atoms with Gasteiger partial charge in [-0.05, 0) is 31.8 Å². The summed E-state index contributed by atoms with van der Waals surface area (Å²) in [4.78, 5) is 17.0. The van der Waals surface area contributed by atoms with Gasteiger partial charge in [-0.3, -0.25) is 10.1 Å². The first-order valence-electron chi connectivity index (χ1n) is 8.33. The second-order valence-electron chi connectivity index (χ2n) is 6.16. The van der Waals surface area contributed by atoms with Crippen molar-refractivity contribution in [2.45, 2.75) is 66.1 Å². The third-order valence-corrected chi connectivity index (χ3v) is 4.17. The van der Waals surface area contributed by atoms with Crippen LogP contribution in [0.2, 0.25) is 0 Å². The highest BCUT2D eigenvalue weighted by molar-refractivity contribution is 5.84. The standard InChI is InChI=1S/C16H33N3O/c1-6-9-14-17-15(13(4)5)16(20)19(14)12-11-18(8-3)10-7-2/h13-15,17H,6-12H2,1-5H3. The lowest BCUT2D eigenvalue weighted by molar-refractivity contribution is -0.131. The van der Waals surface area contributed by atoms with Gasteiger partial charge in [-0.1, -0.05) is 41.0 Å². The van der Waals surface area contributed by atoms with Crippen molar-refractivity contribution in [3.8, 4) is 0 Å². The Kier molecular flexibility index (Phi) is 7.52. The number of likely N-dealkylation sites (N-methyl/N-ethyl adjacent to an activating group) is 1. The number of carbonyl (C=O) groups excluding carboxylic acids is 1. The molecule has 1 rings (SSSR count). The number of nitrogens with zero attached hydrogens (tertiary/aromatic N) is 2. The van der Waals surface area contributed by atoms with E-state index in [1.54, 1.807) is 0 Å². The summed E-state index contributed by atoms with van der Waals surface area (Å²) in [6.45, 7) is 14.9. The molecule has 1 aliphatic rings. The van der Waals surface area contributed by atoms with E-state index in [9.17, 15) is 4.79 Å². The summed E-state index contributed by atoms with van der Waals surface area (Å²) in [6.07, 6.45) is 3.57. The first-order valence-corrected chi connectivity index (χ1v) is 8.33. The summed E-state index contributed by atoms with van der Waals surface area (Å²) >= 11 is 0. The van der Waals surface area contributed by atoms with Crippen LogP contribution < -0.4 is 5.32 Å². The fourth-order valence-corrected chi connectivity index (χ4v) is 2.95. The van der Waals surface area contributed by atoms with Crippen LogP contribution in [0.5, 0.6) is 0 Å². The van der Waals surface area contributed by atoms with Crippen LogP contribution in [0.15, 0.2) is 0 Å². The smallest absolute Gasteiger partial charge is 0.241 e. The molecule has 0 spiro atoms. The quantitative estimate of drug-likeness (QED) is 0.705. The highest BCUT2D eigenvalue weighted by Gasteiger charge is 2.39. The molecule has 0 aromatic heterocycles. The van der Waals surface area contributed by atoms with E-state index in [2.05, 4.69) is 49.7 Å². The molecule has 1 N–H and O–H groups in total. The molecule has 1 saturated heterocycles. The molecular weight excluding hydrogens is 250 g/mol. The van der Waals surface area contributed by atoms with Crippen molar-refractivity contribution in [1.29, 1.82) is 0 Å². The molecule has 2 unspecified atom stereocenters. The van der Waals surface area contributed by atoms with Gasteiger partial charge < -0.3 is 9.80 Å². The molecular formula is C16H33N3O. The fourth-order valence-electron chi connectivity index (χ4n) is 2.95. The van der Waals surface area contributed by atoms with Gasteiger partial charge in [0.2, 0.25) is 5.91 Å². The number of amides is 1. The Balaban J connectivity index is 2.61. The average Bonchev–Trinajstić information content (AvgIpc) is 2.72. The summed E-state index contributed by atoms with van der Waals surface area (Å²) in [7, 11) is 0. The molecule has 1 amide bonds. The average molecular weight is 283 g/mol. The molecule has 4 nitrogen and oxygen atoms in total. The van der Waals surface area contributed by atoms with Crippen molar-refractivity contribution < 1.29 is 4.79 Å². The Bertz CT molecular complexity index is 293. The number of carbonyl (C=O) groups is 1. The molecule has 0 radical (unpaired) electrons. The minimum Gasteiger partial charge on any atom is -0.325 e. The Morgan fingerprint density at radius 3 is 2.40 bits per heavy atom. The van der Waals surface area contributed by atoms with Crippen molar-refractivity contribution >= 4 is 5.91 Å². The summed E-state index contributed by atoms with van der Waals surface area (Å²) < 4.78 is 0. The maximum Gasteiger partial charge on any atom is 0.241 e. The summed E-state index contributed by atoms with van der Waals surface area (Å²) in [6, 6.07) is 0.00722. The molecule has 20 heavy (non-hydrogen) atoms. The van der Waals surface area contributed by atoms with Gasteiger partial charge >= 0.3 is 0 Å². The lowest BCUT2D eigenvalue weighted by atomic mass is 10.1. The van der Waals surface area contributed by atoms with E-state index in [0.717, 1.165) is 39.0 Å². The molecule has 4 heteroatoms. The zero-order valence-corrected chi connectivity index (χ0v) is 14.0. The molecule has 1 heterocycles. The van der Waals surface area contributed by atoms with Crippen molar-refractivity contribution in [3.05, 3.63) is 0 Å². The predicted octanol–water partition coefficient (Wildman–Crippen LogP) is 2.30. The van der Waals surface area contributed by atoms with Crippen molar-refractivity contribution in [3.63, 3.8) is 0 Å². The second-order valence-corrected chi connectivity index (χ2v) is 6.16. The van der Waals surface area contributed by atoms with E-state index in [-0.39, 0.29) is 12.2 Å². The van der Waals surface area contributed by atoms with Crippen LogP contribution in [-0.4, -0.2) is 54.1 Å². The SMILES string of the molecule is CCCC1NC(C(C)C)C(=O)N1CCN(CC)CCC. The van der Waals surface area contributed by atoms with Crippen LogP contribution in [-0.2, 0) is 4.79 Å². The van der Waals surface area contributed by atoms with Gasteiger partial charge in [0.1, 0.15) is 0 Å². The van der Waals surface area contributed by atoms with Gasteiger partial charge in [-0.25, -0.2) is 0 Å². The van der Waals surface area contributed by atoms with Crippen molar-refractivity contribution in [2.75, 3.05) is 26.2 Å². The van der Waals surface area contributed by atoms with Crippen LogP contribution >= 0.6 is 0 Å². The molecule has 1 aliphatic heterocycles. The highest BCUT2D eigenvalue weighted by Crippen LogP contribution is 2.19. The molecule has 0 aromatic carbocycles. The molecule has 0 bridgehead atoms. The number of rotatable bonds is 9.